The molecule has 0 fully saturated rings. The van der Waals surface area contributed by atoms with Crippen molar-refractivity contribution in [2.24, 2.45) is 0 Å². The molecule has 1 aromatic carbocycles. The molecule has 110 valence electrons. The van der Waals surface area contributed by atoms with Crippen LogP contribution in [0.1, 0.15) is 29.2 Å². The molecule has 0 saturated carbocycles. The first-order valence-corrected chi connectivity index (χ1v) is 8.73. The molecule has 21 heavy (non-hydrogen) atoms. The Balaban J connectivity index is 1.96. The molecule has 1 aromatic heterocycles. The van der Waals surface area contributed by atoms with Crippen LogP contribution in [0.15, 0.2) is 29.4 Å². The first-order chi connectivity index (χ1) is 10.1. The number of rotatable bonds is 2. The van der Waals surface area contributed by atoms with Crippen LogP contribution in [0.3, 0.4) is 0 Å². The van der Waals surface area contributed by atoms with Crippen LogP contribution in [0, 0.1) is 0 Å². The van der Waals surface area contributed by atoms with E-state index < -0.39 is 10.8 Å². The lowest BCUT2D eigenvalue weighted by molar-refractivity contribution is 0.566. The Morgan fingerprint density at radius 3 is 2.81 bits per heavy atom. The van der Waals surface area contributed by atoms with Crippen LogP contribution in [-0.2, 0) is 23.6 Å². The number of nitrogens with two attached hydrogens (primary N) is 1. The van der Waals surface area contributed by atoms with Gasteiger partial charge in [0.05, 0.1) is 16.5 Å². The van der Waals surface area contributed by atoms with Gasteiger partial charge in [0.25, 0.3) is 0 Å². The standard InChI is InChI=1S/C15H16ClN3OS/c1-21(20)15-18-13-7-6-9(8-11(13)14(17)19-15)10-4-2-3-5-12(10)16/h2-5,9H,6-8H2,1H3,(H2,17,18,19). The second-order valence-corrected chi connectivity index (χ2v) is 6.91. The van der Waals surface area contributed by atoms with E-state index in [-0.39, 0.29) is 0 Å². The van der Waals surface area contributed by atoms with Crippen molar-refractivity contribution in [1.29, 1.82) is 0 Å². The zero-order chi connectivity index (χ0) is 15.0. The van der Waals surface area contributed by atoms with Crippen molar-refractivity contribution < 1.29 is 4.21 Å². The van der Waals surface area contributed by atoms with Gasteiger partial charge in [0.15, 0.2) is 0 Å². The van der Waals surface area contributed by atoms with Crippen LogP contribution in [0.4, 0.5) is 5.82 Å². The number of hydrogen-bond acceptors (Lipinski definition) is 4. The third-order valence-corrected chi connectivity index (χ3v) is 4.93. The summed E-state index contributed by atoms with van der Waals surface area (Å²) in [5.74, 6) is 0.775. The van der Waals surface area contributed by atoms with Crippen LogP contribution < -0.4 is 5.73 Å². The topological polar surface area (TPSA) is 68.9 Å². The number of anilines is 1. The molecule has 0 bridgehead atoms. The molecule has 2 unspecified atom stereocenters. The zero-order valence-electron chi connectivity index (χ0n) is 11.7. The third-order valence-electron chi connectivity index (χ3n) is 3.89. The van der Waals surface area contributed by atoms with E-state index in [1.807, 2.05) is 18.2 Å². The van der Waals surface area contributed by atoms with E-state index in [0.29, 0.717) is 16.9 Å². The average molecular weight is 322 g/mol. The minimum Gasteiger partial charge on any atom is -0.383 e. The first kappa shape index (κ1) is 14.5. The summed E-state index contributed by atoms with van der Waals surface area (Å²) in [4.78, 5) is 8.57. The molecular formula is C15H16ClN3OS. The summed E-state index contributed by atoms with van der Waals surface area (Å²) >= 11 is 6.29. The fraction of sp³-hybridized carbons (Fsp3) is 0.333. The highest BCUT2D eigenvalue weighted by molar-refractivity contribution is 7.84. The number of benzene rings is 1. The van der Waals surface area contributed by atoms with Crippen molar-refractivity contribution in [2.45, 2.75) is 30.3 Å². The number of halogens is 1. The van der Waals surface area contributed by atoms with Crippen molar-refractivity contribution in [2.75, 3.05) is 12.0 Å². The monoisotopic (exact) mass is 321 g/mol. The van der Waals surface area contributed by atoms with Crippen molar-refractivity contribution in [3.05, 3.63) is 46.1 Å². The maximum Gasteiger partial charge on any atom is 0.220 e. The van der Waals surface area contributed by atoms with Crippen LogP contribution in [-0.4, -0.2) is 20.4 Å². The molecule has 0 radical (unpaired) electrons. The second kappa shape index (κ2) is 5.73. The van der Waals surface area contributed by atoms with Gasteiger partial charge < -0.3 is 5.73 Å². The summed E-state index contributed by atoms with van der Waals surface area (Å²) in [6.07, 6.45) is 4.11. The fourth-order valence-electron chi connectivity index (χ4n) is 2.82. The Morgan fingerprint density at radius 2 is 2.10 bits per heavy atom. The van der Waals surface area contributed by atoms with Crippen molar-refractivity contribution in [3.8, 4) is 0 Å². The molecule has 3 rings (SSSR count). The highest BCUT2D eigenvalue weighted by Gasteiger charge is 2.25. The molecule has 2 aromatic rings. The Morgan fingerprint density at radius 1 is 1.33 bits per heavy atom. The number of aryl methyl sites for hydroxylation is 1. The molecule has 1 heterocycles. The van der Waals surface area contributed by atoms with Gasteiger partial charge in [-0.25, -0.2) is 9.97 Å². The van der Waals surface area contributed by atoms with Gasteiger partial charge in [-0.2, -0.15) is 0 Å². The summed E-state index contributed by atoms with van der Waals surface area (Å²) < 4.78 is 11.5. The zero-order valence-corrected chi connectivity index (χ0v) is 13.2. The highest BCUT2D eigenvalue weighted by atomic mass is 35.5. The number of nitrogen functional groups attached to an aromatic ring is 1. The molecular weight excluding hydrogens is 306 g/mol. The van der Waals surface area contributed by atoms with E-state index in [2.05, 4.69) is 16.0 Å². The normalized spacial score (nSPS) is 19.0. The van der Waals surface area contributed by atoms with Crippen LogP contribution in [0.5, 0.6) is 0 Å². The lowest BCUT2D eigenvalue weighted by atomic mass is 9.82. The number of aromatic nitrogens is 2. The quantitative estimate of drug-likeness (QED) is 0.863. The van der Waals surface area contributed by atoms with Gasteiger partial charge in [0.1, 0.15) is 5.82 Å². The summed E-state index contributed by atoms with van der Waals surface area (Å²) in [7, 11) is -1.21. The Labute approximate surface area is 131 Å². The molecule has 4 nitrogen and oxygen atoms in total. The van der Waals surface area contributed by atoms with E-state index in [4.69, 9.17) is 17.3 Å². The van der Waals surface area contributed by atoms with Gasteiger partial charge >= 0.3 is 0 Å². The lowest BCUT2D eigenvalue weighted by Gasteiger charge is -2.25. The van der Waals surface area contributed by atoms with Crippen LogP contribution >= 0.6 is 11.6 Å². The second-order valence-electron chi connectivity index (χ2n) is 5.23. The largest absolute Gasteiger partial charge is 0.383 e. The van der Waals surface area contributed by atoms with Gasteiger partial charge in [-0.15, -0.1) is 0 Å². The summed E-state index contributed by atoms with van der Waals surface area (Å²) in [5.41, 5.74) is 9.08. The highest BCUT2D eigenvalue weighted by Crippen LogP contribution is 2.36. The minimum absolute atomic E-state index is 0.322. The SMILES string of the molecule is CS(=O)c1nc(N)c2c(n1)CCC(c1ccccc1Cl)C2. The predicted octanol–water partition coefficient (Wildman–Crippen LogP) is 2.72. The molecule has 1 aliphatic rings. The molecule has 0 amide bonds. The van der Waals surface area contributed by atoms with Gasteiger partial charge in [-0.05, 0) is 36.8 Å². The van der Waals surface area contributed by atoms with E-state index in [1.54, 1.807) is 6.26 Å². The minimum atomic E-state index is -1.21. The summed E-state index contributed by atoms with van der Waals surface area (Å²) in [6, 6.07) is 7.91. The van der Waals surface area contributed by atoms with Crippen molar-refractivity contribution >= 4 is 28.2 Å². The summed E-state index contributed by atoms with van der Waals surface area (Å²) in [5, 5.41) is 1.11. The van der Waals surface area contributed by atoms with E-state index in [9.17, 15) is 4.21 Å². The maximum atomic E-state index is 11.5. The summed E-state index contributed by atoms with van der Waals surface area (Å²) in [6.45, 7) is 0. The lowest BCUT2D eigenvalue weighted by Crippen LogP contribution is -2.19. The van der Waals surface area contributed by atoms with Crippen molar-refractivity contribution in [1.82, 2.24) is 9.97 Å². The smallest absolute Gasteiger partial charge is 0.220 e. The van der Waals surface area contributed by atoms with Crippen LogP contribution in [0.2, 0.25) is 5.02 Å². The van der Waals surface area contributed by atoms with E-state index in [0.717, 1.165) is 41.1 Å². The molecule has 0 aliphatic heterocycles. The third kappa shape index (κ3) is 2.80. The van der Waals surface area contributed by atoms with E-state index in [1.165, 1.54) is 0 Å². The Bertz CT molecular complexity index is 720. The molecule has 2 atom stereocenters. The average Bonchev–Trinajstić information content (AvgIpc) is 2.47. The molecule has 2 N–H and O–H groups in total. The maximum absolute atomic E-state index is 11.5. The predicted molar refractivity (Wildman–Crippen MR) is 85.0 cm³/mol. The Kier molecular flexibility index (Phi) is 3.95. The molecule has 0 saturated heterocycles. The Hall–Kier alpha value is -1.46. The molecule has 1 aliphatic carbocycles. The number of hydrogen-bond donors (Lipinski definition) is 1. The van der Waals surface area contributed by atoms with Crippen LogP contribution in [0.25, 0.3) is 0 Å². The fourth-order valence-corrected chi connectivity index (χ4v) is 3.57. The van der Waals surface area contributed by atoms with Gasteiger partial charge in [-0.3, -0.25) is 4.21 Å². The molecule has 6 heteroatoms. The van der Waals surface area contributed by atoms with E-state index >= 15 is 0 Å². The van der Waals surface area contributed by atoms with Crippen molar-refractivity contribution in [3.63, 3.8) is 0 Å². The molecule has 0 spiro atoms. The van der Waals surface area contributed by atoms with Gasteiger partial charge in [0.2, 0.25) is 5.16 Å². The number of fused-ring (bicyclic) bond motifs is 1. The van der Waals surface area contributed by atoms with Gasteiger partial charge in [-0.1, -0.05) is 29.8 Å². The number of nitrogens with zero attached hydrogens (tertiary/aromatic N) is 2. The first-order valence-electron chi connectivity index (χ1n) is 6.79. The van der Waals surface area contributed by atoms with Gasteiger partial charge in [0, 0.05) is 16.8 Å².